The molecule has 1 aliphatic rings. The van der Waals surface area contributed by atoms with Gasteiger partial charge in [-0.25, -0.2) is 4.98 Å². The molecule has 1 aromatic carbocycles. The third-order valence-electron chi connectivity index (χ3n) is 6.05. The Labute approximate surface area is 195 Å². The molecule has 1 amide bonds. The summed E-state index contributed by atoms with van der Waals surface area (Å²) in [5.74, 6) is 0.0225. The fourth-order valence-corrected chi connectivity index (χ4v) is 3.95. The number of amides is 1. The fourth-order valence-electron chi connectivity index (χ4n) is 3.95. The van der Waals surface area contributed by atoms with Crippen LogP contribution in [0.5, 0.6) is 0 Å². The number of aromatic nitrogens is 2. The number of aromatic amines is 1. The van der Waals surface area contributed by atoms with Gasteiger partial charge in [0.25, 0.3) is 0 Å². The molecule has 1 heterocycles. The molecule has 0 atom stereocenters. The maximum atomic E-state index is 12.8. The first-order chi connectivity index (χ1) is 15.7. The zero-order chi connectivity index (χ0) is 24.0. The second-order valence-corrected chi connectivity index (χ2v) is 9.78. The third-order valence-corrected chi connectivity index (χ3v) is 6.05. The Morgan fingerprint density at radius 1 is 1.27 bits per heavy atom. The number of carbonyl (C=O) groups is 2. The molecule has 0 aliphatic heterocycles. The number of allylic oxidation sites excluding steroid dienone is 2. The van der Waals surface area contributed by atoms with E-state index in [-0.39, 0.29) is 35.0 Å². The smallest absolute Gasteiger partial charge is 0.224 e. The Morgan fingerprint density at radius 2 is 2.06 bits per heavy atom. The van der Waals surface area contributed by atoms with Crippen molar-refractivity contribution in [3.63, 3.8) is 0 Å². The SMILES string of the molecule is CN(C)CCNC(=O)Cc1ccc(CC(=O)c2ncc(C#N)[nH]2)c(C2=CCC(C)(C)CC2)c1. The summed E-state index contributed by atoms with van der Waals surface area (Å²) in [4.78, 5) is 34.1. The predicted molar refractivity (Wildman–Crippen MR) is 129 cm³/mol. The van der Waals surface area contributed by atoms with Gasteiger partial charge in [-0.05, 0) is 61.0 Å². The predicted octanol–water partition coefficient (Wildman–Crippen LogP) is 3.52. The molecule has 0 saturated carbocycles. The number of rotatable bonds is 9. The van der Waals surface area contributed by atoms with Crippen LogP contribution in [0.1, 0.15) is 66.1 Å². The van der Waals surface area contributed by atoms with E-state index in [0.717, 1.165) is 42.5 Å². The van der Waals surface area contributed by atoms with Gasteiger partial charge in [0, 0.05) is 19.5 Å². The first-order valence-electron chi connectivity index (χ1n) is 11.4. The van der Waals surface area contributed by atoms with Crippen molar-refractivity contribution < 1.29 is 9.59 Å². The van der Waals surface area contributed by atoms with E-state index < -0.39 is 0 Å². The van der Waals surface area contributed by atoms with E-state index in [0.29, 0.717) is 13.0 Å². The highest BCUT2D eigenvalue weighted by Gasteiger charge is 2.24. The van der Waals surface area contributed by atoms with Crippen LogP contribution in [0.25, 0.3) is 5.57 Å². The standard InChI is InChI=1S/C26H33N5O2/c1-26(2)9-7-19(8-10-26)22-13-18(14-24(33)28-11-12-31(3)4)5-6-20(22)15-23(32)25-29-17-21(16-27)30-25/h5-7,13,17H,8-12,14-15H2,1-4H3,(H,28,33)(H,29,30). The van der Waals surface area contributed by atoms with Gasteiger partial charge >= 0.3 is 0 Å². The second kappa shape index (κ2) is 10.6. The number of H-pyrrole nitrogens is 1. The molecular formula is C26H33N5O2. The van der Waals surface area contributed by atoms with Gasteiger partial charge < -0.3 is 15.2 Å². The highest BCUT2D eigenvalue weighted by molar-refractivity contribution is 5.95. The van der Waals surface area contributed by atoms with Gasteiger partial charge in [-0.1, -0.05) is 38.1 Å². The van der Waals surface area contributed by atoms with Crippen molar-refractivity contribution in [1.29, 1.82) is 5.26 Å². The van der Waals surface area contributed by atoms with E-state index in [1.54, 1.807) is 0 Å². The Bertz CT molecular complexity index is 1090. The van der Waals surface area contributed by atoms with Crippen LogP contribution >= 0.6 is 0 Å². The lowest BCUT2D eigenvalue weighted by atomic mass is 9.76. The highest BCUT2D eigenvalue weighted by atomic mass is 16.1. The molecule has 174 valence electrons. The Kier molecular flexibility index (Phi) is 7.83. The quantitative estimate of drug-likeness (QED) is 0.573. The number of nitrogens with one attached hydrogen (secondary N) is 2. The van der Waals surface area contributed by atoms with Gasteiger partial charge in [0.05, 0.1) is 12.6 Å². The Balaban J connectivity index is 1.82. The fraction of sp³-hybridized carbons (Fsp3) is 0.462. The number of likely N-dealkylation sites (N-methyl/N-ethyl adjacent to an activating group) is 1. The number of benzene rings is 1. The molecule has 0 saturated heterocycles. The van der Waals surface area contributed by atoms with Gasteiger partial charge in [0.1, 0.15) is 11.8 Å². The molecule has 0 bridgehead atoms. The number of hydrogen-bond donors (Lipinski definition) is 2. The van der Waals surface area contributed by atoms with Crippen molar-refractivity contribution in [3.05, 3.63) is 58.7 Å². The second-order valence-electron chi connectivity index (χ2n) is 9.78. The van der Waals surface area contributed by atoms with E-state index in [1.165, 1.54) is 11.8 Å². The molecule has 7 heteroatoms. The lowest BCUT2D eigenvalue weighted by Crippen LogP contribution is -2.32. The molecule has 0 fully saturated rings. The molecule has 1 aromatic heterocycles. The summed E-state index contributed by atoms with van der Waals surface area (Å²) in [6.07, 6.45) is 7.12. The first kappa shape index (κ1) is 24.4. The van der Waals surface area contributed by atoms with Gasteiger partial charge in [-0.2, -0.15) is 5.26 Å². The van der Waals surface area contributed by atoms with Crippen LogP contribution in [-0.4, -0.2) is 53.7 Å². The average molecular weight is 448 g/mol. The largest absolute Gasteiger partial charge is 0.355 e. The van der Waals surface area contributed by atoms with E-state index in [2.05, 4.69) is 41.3 Å². The van der Waals surface area contributed by atoms with Crippen molar-refractivity contribution in [1.82, 2.24) is 20.2 Å². The molecule has 0 radical (unpaired) electrons. The number of ketones is 1. The topological polar surface area (TPSA) is 102 Å². The maximum absolute atomic E-state index is 12.8. The summed E-state index contributed by atoms with van der Waals surface area (Å²) in [5, 5.41) is 11.9. The molecule has 0 unspecified atom stereocenters. The van der Waals surface area contributed by atoms with Crippen LogP contribution in [0.2, 0.25) is 0 Å². The monoisotopic (exact) mass is 447 g/mol. The van der Waals surface area contributed by atoms with Crippen LogP contribution in [0.4, 0.5) is 0 Å². The Hall–Kier alpha value is -3.24. The van der Waals surface area contributed by atoms with Gasteiger partial charge in [-0.15, -0.1) is 0 Å². The molecule has 3 rings (SSSR count). The van der Waals surface area contributed by atoms with Crippen LogP contribution in [0.3, 0.4) is 0 Å². The van der Waals surface area contributed by atoms with Crippen LogP contribution in [0.15, 0.2) is 30.5 Å². The van der Waals surface area contributed by atoms with Crippen molar-refractivity contribution in [3.8, 4) is 6.07 Å². The molecular weight excluding hydrogens is 414 g/mol. The van der Waals surface area contributed by atoms with Crippen molar-refractivity contribution in [2.45, 2.75) is 46.0 Å². The van der Waals surface area contributed by atoms with Gasteiger partial charge in [0.2, 0.25) is 11.7 Å². The maximum Gasteiger partial charge on any atom is 0.224 e. The molecule has 2 N–H and O–H groups in total. The molecule has 7 nitrogen and oxygen atoms in total. The van der Waals surface area contributed by atoms with Crippen molar-refractivity contribution in [2.24, 2.45) is 5.41 Å². The first-order valence-corrected chi connectivity index (χ1v) is 11.4. The average Bonchev–Trinajstić information content (AvgIpc) is 3.24. The molecule has 33 heavy (non-hydrogen) atoms. The van der Waals surface area contributed by atoms with Crippen LogP contribution in [-0.2, 0) is 17.6 Å². The third kappa shape index (κ3) is 6.87. The van der Waals surface area contributed by atoms with Crippen LogP contribution in [0, 0.1) is 16.7 Å². The highest BCUT2D eigenvalue weighted by Crippen LogP contribution is 2.39. The summed E-state index contributed by atoms with van der Waals surface area (Å²) >= 11 is 0. The van der Waals surface area contributed by atoms with Gasteiger partial charge in [-0.3, -0.25) is 9.59 Å². The zero-order valence-corrected chi connectivity index (χ0v) is 20.0. The molecule has 0 spiro atoms. The van der Waals surface area contributed by atoms with E-state index >= 15 is 0 Å². The Morgan fingerprint density at radius 3 is 2.70 bits per heavy atom. The normalized spacial score (nSPS) is 15.1. The minimum atomic E-state index is -0.163. The molecule has 1 aliphatic carbocycles. The summed E-state index contributed by atoms with van der Waals surface area (Å²) in [6, 6.07) is 7.89. The van der Waals surface area contributed by atoms with E-state index in [4.69, 9.17) is 5.26 Å². The van der Waals surface area contributed by atoms with Crippen molar-refractivity contribution >= 4 is 17.3 Å². The van der Waals surface area contributed by atoms with Gasteiger partial charge in [0.15, 0.2) is 5.82 Å². The number of hydrogen-bond acceptors (Lipinski definition) is 5. The number of carbonyl (C=O) groups excluding carboxylic acids is 2. The minimum Gasteiger partial charge on any atom is -0.355 e. The summed E-state index contributed by atoms with van der Waals surface area (Å²) in [6.45, 7) is 5.94. The number of nitrogens with zero attached hydrogens (tertiary/aromatic N) is 3. The van der Waals surface area contributed by atoms with Crippen LogP contribution < -0.4 is 5.32 Å². The number of nitriles is 1. The molecule has 2 aromatic rings. The van der Waals surface area contributed by atoms with Crippen molar-refractivity contribution in [2.75, 3.05) is 27.2 Å². The van der Waals surface area contributed by atoms with E-state index in [9.17, 15) is 9.59 Å². The number of Topliss-reactive ketones (excluding diaryl/α,β-unsaturated/α-hetero) is 1. The lowest BCUT2D eigenvalue weighted by molar-refractivity contribution is -0.120. The lowest BCUT2D eigenvalue weighted by Gasteiger charge is -2.29. The van der Waals surface area contributed by atoms with E-state index in [1.807, 2.05) is 37.2 Å². The summed E-state index contributed by atoms with van der Waals surface area (Å²) < 4.78 is 0. The zero-order valence-electron chi connectivity index (χ0n) is 20.0. The minimum absolute atomic E-state index is 0.00926. The summed E-state index contributed by atoms with van der Waals surface area (Å²) in [5.41, 5.74) is 4.64. The number of imidazole rings is 1. The summed E-state index contributed by atoms with van der Waals surface area (Å²) in [7, 11) is 3.95.